The summed E-state index contributed by atoms with van der Waals surface area (Å²) < 4.78 is 8.31. The molecule has 0 amide bonds. The van der Waals surface area contributed by atoms with Crippen LogP contribution < -0.4 is 4.74 Å². The molecule has 1 fully saturated rings. The second-order valence-corrected chi connectivity index (χ2v) is 7.04. The molecular weight excluding hydrogens is 316 g/mol. The number of aromatic nitrogens is 2. The van der Waals surface area contributed by atoms with Gasteiger partial charge in [-0.3, -0.25) is 0 Å². The Morgan fingerprint density at radius 2 is 1.84 bits per heavy atom. The van der Waals surface area contributed by atoms with E-state index in [2.05, 4.69) is 4.57 Å². The molecule has 1 aromatic heterocycles. The van der Waals surface area contributed by atoms with Crippen LogP contribution in [0.5, 0.6) is 5.75 Å². The molecule has 25 heavy (non-hydrogen) atoms. The lowest BCUT2D eigenvalue weighted by atomic mass is 9.92. The summed E-state index contributed by atoms with van der Waals surface area (Å²) in [6.07, 6.45) is -0.271. The topological polar surface area (TPSA) is 67.5 Å². The lowest BCUT2D eigenvalue weighted by Crippen LogP contribution is -2.34. The molecule has 1 saturated carbocycles. The quantitative estimate of drug-likeness (QED) is 0.755. The average Bonchev–Trinajstić information content (AvgIpc) is 3.42. The van der Waals surface area contributed by atoms with Crippen molar-refractivity contribution in [2.75, 3.05) is 0 Å². The van der Waals surface area contributed by atoms with Crippen molar-refractivity contribution in [2.24, 2.45) is 7.05 Å². The van der Waals surface area contributed by atoms with Gasteiger partial charge in [0.05, 0.1) is 5.52 Å². The first kappa shape index (κ1) is 14.9. The van der Waals surface area contributed by atoms with Crippen LogP contribution in [0.15, 0.2) is 42.5 Å². The number of hydrogen-bond donors (Lipinski definition) is 2. The lowest BCUT2D eigenvalue weighted by molar-refractivity contribution is -0.0692. The zero-order valence-electron chi connectivity index (χ0n) is 14.0. The molecule has 128 valence electrons. The normalized spacial score (nSPS) is 25.6. The summed E-state index contributed by atoms with van der Waals surface area (Å²) in [5.41, 5.74) is 3.22. The molecule has 1 aliphatic carbocycles. The van der Waals surface area contributed by atoms with Crippen molar-refractivity contribution < 1.29 is 14.9 Å². The van der Waals surface area contributed by atoms with E-state index in [0.29, 0.717) is 17.2 Å². The molecule has 3 aromatic rings. The van der Waals surface area contributed by atoms with Gasteiger partial charge in [-0.1, -0.05) is 36.4 Å². The summed E-state index contributed by atoms with van der Waals surface area (Å²) in [4.78, 5) is 4.82. The fourth-order valence-corrected chi connectivity index (χ4v) is 3.79. The Hall–Kier alpha value is -2.37. The first-order chi connectivity index (χ1) is 12.1. The zero-order chi connectivity index (χ0) is 17.1. The number of fused-ring (bicyclic) bond motifs is 3. The molecule has 2 N–H and O–H groups in total. The summed E-state index contributed by atoms with van der Waals surface area (Å²) in [5.74, 6) is 2.19. The summed E-state index contributed by atoms with van der Waals surface area (Å²) in [7, 11) is 2.03. The summed E-state index contributed by atoms with van der Waals surface area (Å²) in [6, 6.07) is 13.3. The molecule has 0 bridgehead atoms. The second-order valence-electron chi connectivity index (χ2n) is 7.04. The SMILES string of the molecule is Cn1c(C2CC2)nc2c3c(ccc21)[C@@H](O)C(O)C(c1ccccc1)O3. The number of ether oxygens (including phenoxy) is 1. The van der Waals surface area contributed by atoms with Crippen LogP contribution in [0.25, 0.3) is 11.0 Å². The monoisotopic (exact) mass is 336 g/mol. The van der Waals surface area contributed by atoms with E-state index in [9.17, 15) is 10.2 Å². The molecule has 1 aliphatic heterocycles. The van der Waals surface area contributed by atoms with Crippen LogP contribution in [-0.4, -0.2) is 25.9 Å². The van der Waals surface area contributed by atoms with Gasteiger partial charge in [0.25, 0.3) is 0 Å². The Kier molecular flexibility index (Phi) is 3.17. The summed E-state index contributed by atoms with van der Waals surface area (Å²) in [6.45, 7) is 0. The highest BCUT2D eigenvalue weighted by Crippen LogP contribution is 2.46. The number of aryl methyl sites for hydroxylation is 1. The smallest absolute Gasteiger partial charge is 0.154 e. The number of benzene rings is 2. The predicted molar refractivity (Wildman–Crippen MR) is 93.5 cm³/mol. The Balaban J connectivity index is 1.67. The van der Waals surface area contributed by atoms with Crippen LogP contribution in [-0.2, 0) is 7.05 Å². The third kappa shape index (κ3) is 2.19. The maximum atomic E-state index is 10.7. The molecule has 3 atom stereocenters. The van der Waals surface area contributed by atoms with Crippen LogP contribution >= 0.6 is 0 Å². The standard InChI is InChI=1S/C20H20N2O3/c1-22-14-10-9-13-16(23)17(24)18(11-5-3-2-4-6-11)25-19(13)15(14)21-20(22)12-7-8-12/h2-6,9-10,12,16-18,23-24H,7-8H2,1H3/t16-,17?,18?/m1/s1. The highest BCUT2D eigenvalue weighted by Gasteiger charge is 2.39. The van der Waals surface area contributed by atoms with E-state index in [-0.39, 0.29) is 0 Å². The minimum atomic E-state index is -1.01. The van der Waals surface area contributed by atoms with E-state index < -0.39 is 18.3 Å². The van der Waals surface area contributed by atoms with Gasteiger partial charge < -0.3 is 19.5 Å². The molecule has 5 rings (SSSR count). The molecule has 0 spiro atoms. The van der Waals surface area contributed by atoms with Crippen LogP contribution in [0, 0.1) is 0 Å². The highest BCUT2D eigenvalue weighted by atomic mass is 16.5. The second kappa shape index (κ2) is 5.31. The molecule has 2 aliphatic rings. The van der Waals surface area contributed by atoms with E-state index in [1.165, 1.54) is 12.8 Å². The van der Waals surface area contributed by atoms with Crippen LogP contribution in [0.3, 0.4) is 0 Å². The average molecular weight is 336 g/mol. The van der Waals surface area contributed by atoms with Gasteiger partial charge in [0.15, 0.2) is 11.9 Å². The molecule has 0 saturated heterocycles. The van der Waals surface area contributed by atoms with E-state index in [1.54, 1.807) is 0 Å². The Morgan fingerprint density at radius 1 is 1.08 bits per heavy atom. The van der Waals surface area contributed by atoms with Gasteiger partial charge in [0, 0.05) is 18.5 Å². The van der Waals surface area contributed by atoms with Crippen molar-refractivity contribution >= 4 is 11.0 Å². The minimum absolute atomic E-state index is 0.525. The number of nitrogens with zero attached hydrogens (tertiary/aromatic N) is 2. The molecule has 0 radical (unpaired) electrons. The maximum Gasteiger partial charge on any atom is 0.154 e. The van der Waals surface area contributed by atoms with Crippen molar-refractivity contribution in [3.05, 3.63) is 59.4 Å². The van der Waals surface area contributed by atoms with Gasteiger partial charge >= 0.3 is 0 Å². The van der Waals surface area contributed by atoms with E-state index >= 15 is 0 Å². The number of aliphatic hydroxyl groups excluding tert-OH is 2. The van der Waals surface area contributed by atoms with Crippen molar-refractivity contribution in [3.63, 3.8) is 0 Å². The fourth-order valence-electron chi connectivity index (χ4n) is 3.79. The van der Waals surface area contributed by atoms with Gasteiger partial charge in [-0.05, 0) is 24.5 Å². The van der Waals surface area contributed by atoms with Gasteiger partial charge in [-0.15, -0.1) is 0 Å². The number of imidazole rings is 1. The molecule has 2 unspecified atom stereocenters. The predicted octanol–water partition coefficient (Wildman–Crippen LogP) is 2.98. The lowest BCUT2D eigenvalue weighted by Gasteiger charge is -2.34. The Labute approximate surface area is 145 Å². The first-order valence-electron chi connectivity index (χ1n) is 8.72. The first-order valence-corrected chi connectivity index (χ1v) is 8.72. The minimum Gasteiger partial charge on any atom is -0.480 e. The van der Waals surface area contributed by atoms with Crippen molar-refractivity contribution in [3.8, 4) is 5.75 Å². The number of hydrogen-bond acceptors (Lipinski definition) is 4. The molecule has 2 aromatic carbocycles. The summed E-state index contributed by atoms with van der Waals surface area (Å²) >= 11 is 0. The van der Waals surface area contributed by atoms with Crippen LogP contribution in [0.1, 0.15) is 47.9 Å². The van der Waals surface area contributed by atoms with Gasteiger partial charge in [0.2, 0.25) is 0 Å². The van der Waals surface area contributed by atoms with E-state index in [4.69, 9.17) is 9.72 Å². The van der Waals surface area contributed by atoms with Crippen molar-refractivity contribution in [1.82, 2.24) is 9.55 Å². The van der Waals surface area contributed by atoms with E-state index in [1.807, 2.05) is 49.5 Å². The number of rotatable bonds is 2. The van der Waals surface area contributed by atoms with E-state index in [0.717, 1.165) is 22.4 Å². The van der Waals surface area contributed by atoms with Gasteiger partial charge in [-0.2, -0.15) is 0 Å². The van der Waals surface area contributed by atoms with Gasteiger partial charge in [-0.25, -0.2) is 4.98 Å². The van der Waals surface area contributed by atoms with Crippen molar-refractivity contribution in [2.45, 2.75) is 37.1 Å². The fraction of sp³-hybridized carbons (Fsp3) is 0.350. The van der Waals surface area contributed by atoms with Crippen LogP contribution in [0.4, 0.5) is 0 Å². The number of aliphatic hydroxyl groups is 2. The van der Waals surface area contributed by atoms with Crippen LogP contribution in [0.2, 0.25) is 0 Å². The third-order valence-corrected chi connectivity index (χ3v) is 5.34. The third-order valence-electron chi connectivity index (χ3n) is 5.34. The summed E-state index contributed by atoms with van der Waals surface area (Å²) in [5, 5.41) is 21.2. The largest absolute Gasteiger partial charge is 0.480 e. The maximum absolute atomic E-state index is 10.7. The molecule has 5 heteroatoms. The Bertz CT molecular complexity index is 946. The van der Waals surface area contributed by atoms with Crippen molar-refractivity contribution in [1.29, 1.82) is 0 Å². The molecule has 2 heterocycles. The van der Waals surface area contributed by atoms with Gasteiger partial charge in [0.1, 0.15) is 23.5 Å². The Morgan fingerprint density at radius 3 is 2.56 bits per heavy atom. The molecule has 5 nitrogen and oxygen atoms in total. The molecular formula is C20H20N2O3. The zero-order valence-corrected chi connectivity index (χ0v) is 14.0. The highest BCUT2D eigenvalue weighted by molar-refractivity contribution is 5.85.